The number of pyridine rings is 1. The van der Waals surface area contributed by atoms with Gasteiger partial charge >= 0.3 is 0 Å². The molecule has 4 aromatic rings. The molecule has 5 rings (SSSR count). The molecule has 0 saturated carbocycles. The van der Waals surface area contributed by atoms with E-state index in [-0.39, 0.29) is 5.41 Å². The van der Waals surface area contributed by atoms with Crippen LogP contribution in [0.3, 0.4) is 0 Å². The second-order valence-corrected chi connectivity index (χ2v) is 9.57. The second-order valence-electron chi connectivity index (χ2n) is 7.74. The standard InChI is InChI=1S/C25H19Br2N/c1-16-2-11-23-17(12-16)13-18-14-25(15-24(18)28-23,19-3-7-21(26)8-4-19)20-5-9-22(27)10-6-20/h2-13H,14-15H2,1H3. The van der Waals surface area contributed by atoms with E-state index in [1.807, 2.05) is 0 Å². The summed E-state index contributed by atoms with van der Waals surface area (Å²) in [7, 11) is 0. The minimum atomic E-state index is -0.0802. The van der Waals surface area contributed by atoms with Gasteiger partial charge in [0.2, 0.25) is 0 Å². The molecule has 1 heterocycles. The normalized spacial score (nSPS) is 15.0. The van der Waals surface area contributed by atoms with Crippen LogP contribution >= 0.6 is 31.9 Å². The Morgan fingerprint density at radius 1 is 0.750 bits per heavy atom. The van der Waals surface area contributed by atoms with Crippen LogP contribution in [0.1, 0.15) is 27.9 Å². The fraction of sp³-hybridized carbons (Fsp3) is 0.160. The monoisotopic (exact) mass is 491 g/mol. The maximum atomic E-state index is 5.06. The number of hydrogen-bond acceptors (Lipinski definition) is 1. The molecule has 3 aromatic carbocycles. The van der Waals surface area contributed by atoms with Crippen LogP contribution in [0.25, 0.3) is 10.9 Å². The highest BCUT2D eigenvalue weighted by atomic mass is 79.9. The molecule has 0 fully saturated rings. The van der Waals surface area contributed by atoms with Gasteiger partial charge in [-0.05, 0) is 72.5 Å². The summed E-state index contributed by atoms with van der Waals surface area (Å²) in [5, 5.41) is 1.24. The van der Waals surface area contributed by atoms with Gasteiger partial charge < -0.3 is 0 Å². The second kappa shape index (κ2) is 6.82. The van der Waals surface area contributed by atoms with E-state index in [0.29, 0.717) is 0 Å². The van der Waals surface area contributed by atoms with Crippen LogP contribution < -0.4 is 0 Å². The van der Waals surface area contributed by atoms with Crippen LogP contribution in [0.15, 0.2) is 81.7 Å². The molecule has 0 atom stereocenters. The Morgan fingerprint density at radius 2 is 1.36 bits per heavy atom. The Labute approximate surface area is 182 Å². The largest absolute Gasteiger partial charge is 0.253 e. The quantitative estimate of drug-likeness (QED) is 0.289. The summed E-state index contributed by atoms with van der Waals surface area (Å²) in [5.74, 6) is 0. The lowest BCUT2D eigenvalue weighted by atomic mass is 9.72. The van der Waals surface area contributed by atoms with E-state index < -0.39 is 0 Å². The number of nitrogens with zero attached hydrogens (tertiary/aromatic N) is 1. The summed E-state index contributed by atoms with van der Waals surface area (Å²) < 4.78 is 2.22. The number of fused-ring (bicyclic) bond motifs is 2. The van der Waals surface area contributed by atoms with Crippen LogP contribution in [-0.2, 0) is 18.3 Å². The minimum absolute atomic E-state index is 0.0802. The SMILES string of the molecule is Cc1ccc2nc3c(cc2c1)CC(c1ccc(Br)cc1)(c1ccc(Br)cc1)C3. The van der Waals surface area contributed by atoms with Gasteiger partial charge in [0.1, 0.15) is 0 Å². The molecule has 0 radical (unpaired) electrons. The highest BCUT2D eigenvalue weighted by molar-refractivity contribution is 9.10. The zero-order chi connectivity index (χ0) is 19.3. The van der Waals surface area contributed by atoms with Crippen molar-refractivity contribution in [1.82, 2.24) is 4.98 Å². The van der Waals surface area contributed by atoms with Crippen LogP contribution in [0.5, 0.6) is 0 Å². The first kappa shape index (κ1) is 18.1. The van der Waals surface area contributed by atoms with E-state index in [4.69, 9.17) is 4.98 Å². The van der Waals surface area contributed by atoms with E-state index >= 15 is 0 Å². The lowest BCUT2D eigenvalue weighted by Crippen LogP contribution is -2.28. The average molecular weight is 493 g/mol. The Kier molecular flexibility index (Phi) is 4.41. The smallest absolute Gasteiger partial charge is 0.0705 e. The highest BCUT2D eigenvalue weighted by Gasteiger charge is 2.41. The molecule has 28 heavy (non-hydrogen) atoms. The van der Waals surface area contributed by atoms with Gasteiger partial charge in [-0.15, -0.1) is 0 Å². The van der Waals surface area contributed by atoms with Gasteiger partial charge in [-0.1, -0.05) is 67.8 Å². The molecule has 1 nitrogen and oxygen atoms in total. The molecule has 3 heteroatoms. The van der Waals surface area contributed by atoms with Crippen LogP contribution in [0.4, 0.5) is 0 Å². The van der Waals surface area contributed by atoms with E-state index in [9.17, 15) is 0 Å². The summed E-state index contributed by atoms with van der Waals surface area (Å²) in [4.78, 5) is 5.06. The van der Waals surface area contributed by atoms with Crippen LogP contribution in [0, 0.1) is 6.92 Å². The summed E-state index contributed by atoms with van der Waals surface area (Å²) >= 11 is 7.17. The number of halogens is 2. The minimum Gasteiger partial charge on any atom is -0.253 e. The summed E-state index contributed by atoms with van der Waals surface area (Å²) in [6.45, 7) is 2.14. The van der Waals surface area contributed by atoms with Gasteiger partial charge in [-0.2, -0.15) is 0 Å². The Morgan fingerprint density at radius 3 is 1.96 bits per heavy atom. The van der Waals surface area contributed by atoms with Crippen molar-refractivity contribution in [2.24, 2.45) is 0 Å². The van der Waals surface area contributed by atoms with Gasteiger partial charge in [0, 0.05) is 31.9 Å². The van der Waals surface area contributed by atoms with Gasteiger partial charge in [-0.3, -0.25) is 4.98 Å². The predicted molar refractivity (Wildman–Crippen MR) is 123 cm³/mol. The maximum absolute atomic E-state index is 5.06. The molecule has 1 aliphatic rings. The molecular formula is C25H19Br2N. The van der Waals surface area contributed by atoms with E-state index in [1.165, 1.54) is 33.3 Å². The summed E-state index contributed by atoms with van der Waals surface area (Å²) in [5.41, 5.74) is 7.56. The van der Waals surface area contributed by atoms with Gasteiger partial charge in [0.25, 0.3) is 0 Å². The number of benzene rings is 3. The predicted octanol–water partition coefficient (Wildman–Crippen LogP) is 7.15. The molecular weight excluding hydrogens is 474 g/mol. The molecule has 0 N–H and O–H groups in total. The first-order chi connectivity index (χ1) is 13.5. The lowest BCUT2D eigenvalue weighted by molar-refractivity contribution is 0.545. The van der Waals surface area contributed by atoms with Crippen molar-refractivity contribution >= 4 is 42.8 Å². The number of hydrogen-bond donors (Lipinski definition) is 0. The zero-order valence-corrected chi connectivity index (χ0v) is 18.7. The Balaban J connectivity index is 1.69. The summed E-state index contributed by atoms with van der Waals surface area (Å²) in [6, 6.07) is 26.5. The van der Waals surface area contributed by atoms with Crippen molar-refractivity contribution in [1.29, 1.82) is 0 Å². The van der Waals surface area contributed by atoms with E-state index in [1.54, 1.807) is 0 Å². The maximum Gasteiger partial charge on any atom is 0.0705 e. The van der Waals surface area contributed by atoms with Crippen LogP contribution in [0.2, 0.25) is 0 Å². The molecule has 1 aliphatic carbocycles. The third kappa shape index (κ3) is 3.01. The van der Waals surface area contributed by atoms with Gasteiger partial charge in [0.15, 0.2) is 0 Å². The zero-order valence-electron chi connectivity index (χ0n) is 15.5. The molecule has 0 saturated heterocycles. The third-order valence-electron chi connectivity index (χ3n) is 5.89. The highest BCUT2D eigenvalue weighted by Crippen LogP contribution is 2.45. The van der Waals surface area contributed by atoms with Crippen molar-refractivity contribution in [3.63, 3.8) is 0 Å². The van der Waals surface area contributed by atoms with Crippen molar-refractivity contribution < 1.29 is 0 Å². The molecule has 138 valence electrons. The van der Waals surface area contributed by atoms with Crippen molar-refractivity contribution in [2.45, 2.75) is 25.2 Å². The molecule has 0 bridgehead atoms. The Bertz CT molecular complexity index is 1130. The molecule has 0 spiro atoms. The molecule has 0 aliphatic heterocycles. The first-order valence-electron chi connectivity index (χ1n) is 9.45. The fourth-order valence-corrected chi connectivity index (χ4v) is 5.00. The Hall–Kier alpha value is -1.97. The van der Waals surface area contributed by atoms with E-state index in [0.717, 1.165) is 27.3 Å². The fourth-order valence-electron chi connectivity index (χ4n) is 4.47. The van der Waals surface area contributed by atoms with Gasteiger partial charge in [0.05, 0.1) is 5.52 Å². The molecule has 0 amide bonds. The molecule has 1 aromatic heterocycles. The van der Waals surface area contributed by atoms with Crippen molar-refractivity contribution in [3.05, 3.63) is 110 Å². The van der Waals surface area contributed by atoms with Crippen LogP contribution in [-0.4, -0.2) is 4.98 Å². The first-order valence-corrected chi connectivity index (χ1v) is 11.0. The average Bonchev–Trinajstić information content (AvgIpc) is 3.06. The number of aromatic nitrogens is 1. The van der Waals surface area contributed by atoms with Crippen molar-refractivity contribution in [2.75, 3.05) is 0 Å². The van der Waals surface area contributed by atoms with E-state index in [2.05, 4.69) is 112 Å². The number of rotatable bonds is 2. The van der Waals surface area contributed by atoms with Gasteiger partial charge in [-0.25, -0.2) is 0 Å². The topological polar surface area (TPSA) is 12.9 Å². The lowest BCUT2D eigenvalue weighted by Gasteiger charge is -2.30. The third-order valence-corrected chi connectivity index (χ3v) is 6.95. The molecule has 0 unspecified atom stereocenters. The summed E-state index contributed by atoms with van der Waals surface area (Å²) in [6.07, 6.45) is 1.90. The number of aryl methyl sites for hydroxylation is 1. The van der Waals surface area contributed by atoms with Crippen molar-refractivity contribution in [3.8, 4) is 0 Å².